The van der Waals surface area contributed by atoms with E-state index >= 15 is 0 Å². The monoisotopic (exact) mass is 372 g/mol. The van der Waals surface area contributed by atoms with Gasteiger partial charge >= 0.3 is 7.40 Å². The standard InChI is InChI=1S/C20H24BF2N3O/c1-3-5-9-16(4-2)15-27-19-11-8-12-25-20(19)17(14-24)18-10-6-7-13-26(18)21(22)23/h6-8,10-13,16H,3-5,9,15H2,1-2H3/p+1. The van der Waals surface area contributed by atoms with E-state index in [1.807, 2.05) is 0 Å². The molecule has 1 unspecified atom stereocenters. The second-order valence-electron chi connectivity index (χ2n) is 6.39. The molecule has 1 aromatic rings. The summed E-state index contributed by atoms with van der Waals surface area (Å²) in [6, 6.07) is 6.70. The highest BCUT2D eigenvalue weighted by atomic mass is 19.2. The number of aromatic nitrogens is 1. The molecule has 27 heavy (non-hydrogen) atoms. The molecule has 0 aliphatic carbocycles. The Balaban J connectivity index is 2.32. The first kappa shape index (κ1) is 20.7. The summed E-state index contributed by atoms with van der Waals surface area (Å²) in [6.45, 7) is 4.82. The van der Waals surface area contributed by atoms with Gasteiger partial charge in [-0.1, -0.05) is 33.1 Å². The molecule has 2 heterocycles. The Morgan fingerprint density at radius 2 is 2.19 bits per heavy atom. The number of dihydropyridines is 1. The van der Waals surface area contributed by atoms with E-state index in [1.165, 1.54) is 18.3 Å². The van der Waals surface area contributed by atoms with Crippen molar-refractivity contribution in [2.45, 2.75) is 39.5 Å². The molecule has 1 aromatic heterocycles. The van der Waals surface area contributed by atoms with Gasteiger partial charge in [0, 0.05) is 12.3 Å². The lowest BCUT2D eigenvalue weighted by Gasteiger charge is -2.21. The van der Waals surface area contributed by atoms with Gasteiger partial charge in [0.15, 0.2) is 0 Å². The molecule has 0 amide bonds. The van der Waals surface area contributed by atoms with Gasteiger partial charge in [0.2, 0.25) is 5.69 Å². The molecule has 0 radical (unpaired) electrons. The zero-order chi connectivity index (χ0) is 19.6. The molecule has 0 bridgehead atoms. The number of pyridine rings is 1. The van der Waals surface area contributed by atoms with Gasteiger partial charge in [0.25, 0.3) is 0 Å². The van der Waals surface area contributed by atoms with Crippen molar-refractivity contribution in [3.63, 3.8) is 0 Å². The van der Waals surface area contributed by atoms with Crippen LogP contribution in [0.15, 0.2) is 54.2 Å². The molecule has 0 saturated carbocycles. The van der Waals surface area contributed by atoms with Gasteiger partial charge in [-0.15, -0.1) is 0 Å². The van der Waals surface area contributed by atoms with Crippen molar-refractivity contribution in [2.24, 2.45) is 5.92 Å². The predicted molar refractivity (Wildman–Crippen MR) is 102 cm³/mol. The van der Waals surface area contributed by atoms with E-state index in [0.717, 1.165) is 30.2 Å². The van der Waals surface area contributed by atoms with Crippen molar-refractivity contribution >= 4 is 13.0 Å². The number of ether oxygens (including phenoxy) is 1. The van der Waals surface area contributed by atoms with Gasteiger partial charge in [0.1, 0.15) is 29.3 Å². The Hall–Kier alpha value is -2.62. The third-order valence-corrected chi connectivity index (χ3v) is 4.55. The molecule has 7 heteroatoms. The third kappa shape index (κ3) is 5.43. The molecular formula is C20H25BF2N3O+. The first-order valence-electron chi connectivity index (χ1n) is 9.31. The molecule has 2 rings (SSSR count). The van der Waals surface area contributed by atoms with Crippen molar-refractivity contribution in [2.75, 3.05) is 6.61 Å². The molecule has 142 valence electrons. The number of nitrogens with zero attached hydrogens (tertiary/aromatic N) is 2. The van der Waals surface area contributed by atoms with Crippen LogP contribution in [0.5, 0.6) is 0 Å². The van der Waals surface area contributed by atoms with E-state index in [9.17, 15) is 13.9 Å². The van der Waals surface area contributed by atoms with Crippen molar-refractivity contribution < 1.29 is 17.8 Å². The smallest absolute Gasteiger partial charge is 0.491 e. The third-order valence-electron chi connectivity index (χ3n) is 4.55. The van der Waals surface area contributed by atoms with Gasteiger partial charge in [-0.25, -0.2) is 13.1 Å². The normalized spacial score (nSPS) is 16.0. The summed E-state index contributed by atoms with van der Waals surface area (Å²) in [5.41, 5.74) is 0.666. The van der Waals surface area contributed by atoms with Crippen LogP contribution in [0.1, 0.15) is 45.2 Å². The minimum absolute atomic E-state index is 0.119. The fraction of sp³-hybridized carbons (Fsp3) is 0.400. The van der Waals surface area contributed by atoms with Gasteiger partial charge in [-0.05, 0) is 36.6 Å². The van der Waals surface area contributed by atoms with Crippen LogP contribution in [0.25, 0.3) is 5.57 Å². The van der Waals surface area contributed by atoms with Crippen LogP contribution in [0, 0.1) is 17.2 Å². The van der Waals surface area contributed by atoms with Crippen molar-refractivity contribution in [1.29, 1.82) is 5.26 Å². The van der Waals surface area contributed by atoms with Crippen LogP contribution in [0.3, 0.4) is 0 Å². The Morgan fingerprint density at radius 3 is 2.85 bits per heavy atom. The summed E-state index contributed by atoms with van der Waals surface area (Å²) < 4.78 is 33.5. The lowest BCUT2D eigenvalue weighted by atomic mass is 10.0. The fourth-order valence-corrected chi connectivity index (χ4v) is 2.92. The summed E-state index contributed by atoms with van der Waals surface area (Å²) in [5, 5.41) is 12.7. The SMILES string of the molecule is CCCCC(CC)COC1=CC=CN/C1=C(/C#N)c1cccc[n+]1B(F)F. The maximum absolute atomic E-state index is 13.4. The zero-order valence-electron chi connectivity index (χ0n) is 15.8. The molecule has 1 aliphatic heterocycles. The number of hydrogen-bond acceptors (Lipinski definition) is 3. The molecule has 0 saturated heterocycles. The summed E-state index contributed by atoms with van der Waals surface area (Å²) in [6.07, 6.45) is 10.8. The van der Waals surface area contributed by atoms with Crippen LogP contribution >= 0.6 is 0 Å². The van der Waals surface area contributed by atoms with Crippen LogP contribution in [0.2, 0.25) is 0 Å². The predicted octanol–water partition coefficient (Wildman–Crippen LogP) is 4.21. The molecule has 1 atom stereocenters. The molecular weight excluding hydrogens is 347 g/mol. The average Bonchev–Trinajstić information content (AvgIpc) is 2.70. The van der Waals surface area contributed by atoms with Gasteiger partial charge in [0.05, 0.1) is 6.61 Å². The number of unbranched alkanes of at least 4 members (excludes halogenated alkanes) is 1. The number of rotatable bonds is 9. The Morgan fingerprint density at radius 1 is 1.37 bits per heavy atom. The first-order valence-corrected chi connectivity index (χ1v) is 9.31. The first-order chi connectivity index (χ1) is 13.1. The summed E-state index contributed by atoms with van der Waals surface area (Å²) >= 11 is 0. The van der Waals surface area contributed by atoms with Crippen molar-refractivity contribution in [1.82, 2.24) is 5.32 Å². The summed E-state index contributed by atoms with van der Waals surface area (Å²) in [7, 11) is -2.74. The Bertz CT molecular complexity index is 769. The van der Waals surface area contributed by atoms with E-state index in [1.54, 1.807) is 24.4 Å². The lowest BCUT2D eigenvalue weighted by molar-refractivity contribution is -0.557. The quantitative estimate of drug-likeness (QED) is 0.522. The second kappa shape index (κ2) is 10.5. The Kier molecular flexibility index (Phi) is 8.06. The highest BCUT2D eigenvalue weighted by Gasteiger charge is 2.37. The summed E-state index contributed by atoms with van der Waals surface area (Å²) in [4.78, 5) is 0. The number of nitriles is 1. The molecule has 0 aromatic carbocycles. The average molecular weight is 372 g/mol. The largest absolute Gasteiger partial charge is 0.934 e. The molecule has 4 nitrogen and oxygen atoms in total. The molecule has 0 fully saturated rings. The molecule has 1 aliphatic rings. The Labute approximate surface area is 160 Å². The van der Waals surface area contributed by atoms with Gasteiger partial charge in [-0.2, -0.15) is 5.26 Å². The highest BCUT2D eigenvalue weighted by molar-refractivity contribution is 6.31. The maximum atomic E-state index is 13.4. The minimum atomic E-state index is -2.74. The number of halogens is 2. The van der Waals surface area contributed by atoms with Crippen LogP contribution in [0.4, 0.5) is 8.63 Å². The van der Waals surface area contributed by atoms with Crippen molar-refractivity contribution in [3.8, 4) is 6.07 Å². The van der Waals surface area contributed by atoms with E-state index in [4.69, 9.17) is 4.74 Å². The number of hydrogen-bond donors (Lipinski definition) is 1. The maximum Gasteiger partial charge on any atom is 0.934 e. The number of nitrogens with one attached hydrogen (secondary N) is 1. The van der Waals surface area contributed by atoms with E-state index in [-0.39, 0.29) is 11.3 Å². The van der Waals surface area contributed by atoms with Crippen LogP contribution in [-0.2, 0) is 4.74 Å². The highest BCUT2D eigenvalue weighted by Crippen LogP contribution is 2.24. The minimum Gasteiger partial charge on any atom is -0.491 e. The van der Waals surface area contributed by atoms with E-state index < -0.39 is 7.40 Å². The number of allylic oxidation sites excluding steroid dienone is 3. The zero-order valence-corrected chi connectivity index (χ0v) is 15.8. The van der Waals surface area contributed by atoms with Gasteiger partial charge < -0.3 is 10.1 Å². The summed E-state index contributed by atoms with van der Waals surface area (Å²) in [5.74, 6) is 0.917. The lowest BCUT2D eigenvalue weighted by Crippen LogP contribution is -2.48. The van der Waals surface area contributed by atoms with Crippen molar-refractivity contribution in [3.05, 3.63) is 59.9 Å². The molecule has 0 spiro atoms. The van der Waals surface area contributed by atoms with Crippen LogP contribution in [-0.4, -0.2) is 14.0 Å². The molecule has 1 N–H and O–H groups in total. The second-order valence-corrected chi connectivity index (χ2v) is 6.39. The van der Waals surface area contributed by atoms with E-state index in [0.29, 0.717) is 24.0 Å². The van der Waals surface area contributed by atoms with E-state index in [2.05, 4.69) is 25.2 Å². The fourth-order valence-electron chi connectivity index (χ4n) is 2.92. The van der Waals surface area contributed by atoms with Crippen LogP contribution < -0.4 is 9.79 Å². The van der Waals surface area contributed by atoms with Gasteiger partial charge in [-0.3, -0.25) is 0 Å². The topological polar surface area (TPSA) is 48.9 Å².